The van der Waals surface area contributed by atoms with Gasteiger partial charge >= 0.3 is 0 Å². The first-order valence-corrected chi connectivity index (χ1v) is 10.3. The molecule has 0 bridgehead atoms. The van der Waals surface area contributed by atoms with Gasteiger partial charge in [0.15, 0.2) is 5.65 Å². The van der Waals surface area contributed by atoms with E-state index in [9.17, 15) is 9.18 Å². The van der Waals surface area contributed by atoms with Gasteiger partial charge in [0.2, 0.25) is 0 Å². The quantitative estimate of drug-likeness (QED) is 0.471. The molecule has 0 saturated heterocycles. The summed E-state index contributed by atoms with van der Waals surface area (Å²) in [7, 11) is 0. The van der Waals surface area contributed by atoms with Gasteiger partial charge in [-0.2, -0.15) is 0 Å². The largest absolute Gasteiger partial charge is 0.310 e. The number of fused-ring (bicyclic) bond motifs is 1. The Balaban J connectivity index is 1.35. The summed E-state index contributed by atoms with van der Waals surface area (Å²) in [5, 5.41) is 0.601. The number of ketones is 1. The number of benzene rings is 1. The van der Waals surface area contributed by atoms with E-state index in [1.165, 1.54) is 31.4 Å². The van der Waals surface area contributed by atoms with Crippen molar-refractivity contribution in [3.63, 3.8) is 0 Å². The Hall–Kier alpha value is -2.27. The number of Topliss-reactive ketones (excluding diaryl/α,β-unsaturated/α-hetero) is 1. The van der Waals surface area contributed by atoms with Crippen LogP contribution in [0.2, 0.25) is 5.02 Å². The molecule has 0 atom stereocenters. The van der Waals surface area contributed by atoms with Crippen LogP contribution >= 0.6 is 11.6 Å². The molecule has 1 aliphatic rings. The summed E-state index contributed by atoms with van der Waals surface area (Å²) in [6.45, 7) is 0. The maximum Gasteiger partial charge on any atom is 0.160 e. The molecule has 0 unspecified atom stereocenters. The highest BCUT2D eigenvalue weighted by molar-refractivity contribution is 6.31. The Kier molecular flexibility index (Phi) is 5.72. The number of pyridine rings is 1. The van der Waals surface area contributed by atoms with E-state index in [0.29, 0.717) is 23.9 Å². The van der Waals surface area contributed by atoms with Crippen LogP contribution in [0.1, 0.15) is 56.0 Å². The Bertz CT molecular complexity index is 979. The average molecular weight is 400 g/mol. The van der Waals surface area contributed by atoms with Crippen molar-refractivity contribution in [2.24, 2.45) is 0 Å². The van der Waals surface area contributed by atoms with Gasteiger partial charge in [0, 0.05) is 31.5 Å². The minimum absolute atomic E-state index is 0.188. The number of carbonyl (C=O) groups is 1. The molecule has 28 heavy (non-hydrogen) atoms. The second kappa shape index (κ2) is 8.39. The van der Waals surface area contributed by atoms with Gasteiger partial charge in [-0.1, -0.05) is 23.7 Å². The third kappa shape index (κ3) is 4.25. The zero-order valence-corrected chi connectivity index (χ0v) is 16.5. The monoisotopic (exact) mass is 399 g/mol. The fourth-order valence-corrected chi connectivity index (χ4v) is 3.89. The highest BCUT2D eigenvalue weighted by atomic mass is 35.5. The summed E-state index contributed by atoms with van der Waals surface area (Å²) in [6.07, 6.45) is 8.70. The maximum absolute atomic E-state index is 12.9. The molecule has 1 aliphatic carbocycles. The van der Waals surface area contributed by atoms with Crippen molar-refractivity contribution < 1.29 is 9.18 Å². The topological polar surface area (TPSA) is 47.8 Å². The van der Waals surface area contributed by atoms with Crippen molar-refractivity contribution in [1.82, 2.24) is 14.5 Å². The predicted octanol–water partition coefficient (Wildman–Crippen LogP) is 5.47. The highest BCUT2D eigenvalue weighted by Crippen LogP contribution is 2.35. The molecule has 2 aromatic heterocycles. The van der Waals surface area contributed by atoms with Crippen LogP contribution in [0.25, 0.3) is 11.2 Å². The van der Waals surface area contributed by atoms with Gasteiger partial charge in [0.05, 0.1) is 5.02 Å². The smallest absolute Gasteiger partial charge is 0.160 e. The number of imidazole rings is 1. The molecule has 0 radical (unpaired) electrons. The van der Waals surface area contributed by atoms with Gasteiger partial charge in [-0.15, -0.1) is 0 Å². The van der Waals surface area contributed by atoms with Crippen molar-refractivity contribution in [2.75, 3.05) is 0 Å². The Morgan fingerprint density at radius 2 is 2.00 bits per heavy atom. The number of rotatable bonds is 8. The summed E-state index contributed by atoms with van der Waals surface area (Å²) in [4.78, 5) is 21.4. The first-order chi connectivity index (χ1) is 13.6. The number of aromatic nitrogens is 3. The first kappa shape index (κ1) is 19.1. The number of aryl methyl sites for hydroxylation is 1. The van der Waals surface area contributed by atoms with Gasteiger partial charge in [-0.3, -0.25) is 4.79 Å². The van der Waals surface area contributed by atoms with Crippen LogP contribution in [0.15, 0.2) is 36.5 Å². The predicted molar refractivity (Wildman–Crippen MR) is 108 cm³/mol. The minimum Gasteiger partial charge on any atom is -0.310 e. The SMILES string of the molecule is O=C(CCCCc1nc2cc(Cl)cnc2n1C1CCC1)Cc1ccc(F)cc1. The fourth-order valence-electron chi connectivity index (χ4n) is 3.73. The Morgan fingerprint density at radius 1 is 1.21 bits per heavy atom. The molecule has 2 heterocycles. The van der Waals surface area contributed by atoms with Crippen molar-refractivity contribution in [1.29, 1.82) is 0 Å². The number of hydrogen-bond donors (Lipinski definition) is 0. The van der Waals surface area contributed by atoms with E-state index in [2.05, 4.69) is 9.55 Å². The summed E-state index contributed by atoms with van der Waals surface area (Å²) in [5.74, 6) is 0.953. The van der Waals surface area contributed by atoms with Crippen LogP contribution in [0.3, 0.4) is 0 Å². The van der Waals surface area contributed by atoms with Gasteiger partial charge in [0.25, 0.3) is 0 Å². The van der Waals surface area contributed by atoms with Crippen molar-refractivity contribution >= 4 is 28.5 Å². The second-order valence-electron chi connectivity index (χ2n) is 7.53. The van der Waals surface area contributed by atoms with Crippen LogP contribution in [0, 0.1) is 5.82 Å². The van der Waals surface area contributed by atoms with Gasteiger partial charge < -0.3 is 4.57 Å². The lowest BCUT2D eigenvalue weighted by Gasteiger charge is -2.28. The lowest BCUT2D eigenvalue weighted by atomic mass is 9.92. The highest BCUT2D eigenvalue weighted by Gasteiger charge is 2.25. The lowest BCUT2D eigenvalue weighted by molar-refractivity contribution is -0.118. The average Bonchev–Trinajstić information content (AvgIpc) is 2.96. The van der Waals surface area contributed by atoms with Crippen LogP contribution < -0.4 is 0 Å². The molecule has 3 aromatic rings. The maximum atomic E-state index is 12.9. The van der Waals surface area contributed by atoms with Crippen molar-refractivity contribution in [3.8, 4) is 0 Å². The van der Waals surface area contributed by atoms with Crippen molar-refractivity contribution in [3.05, 3.63) is 58.8 Å². The van der Waals surface area contributed by atoms with E-state index in [4.69, 9.17) is 16.6 Å². The third-order valence-corrected chi connectivity index (χ3v) is 5.64. The van der Waals surface area contributed by atoms with Crippen LogP contribution in [-0.4, -0.2) is 20.3 Å². The van der Waals surface area contributed by atoms with E-state index in [-0.39, 0.29) is 11.6 Å². The van der Waals surface area contributed by atoms with E-state index in [0.717, 1.165) is 41.8 Å². The molecular formula is C22H23ClFN3O. The van der Waals surface area contributed by atoms with Crippen LogP contribution in [0.5, 0.6) is 0 Å². The summed E-state index contributed by atoms with van der Waals surface area (Å²) < 4.78 is 15.2. The molecule has 0 spiro atoms. The van der Waals surface area contributed by atoms with E-state index >= 15 is 0 Å². The minimum atomic E-state index is -0.277. The molecule has 1 saturated carbocycles. The normalized spacial score (nSPS) is 14.4. The Labute approximate surface area is 168 Å². The van der Waals surface area contributed by atoms with Crippen molar-refractivity contribution in [2.45, 2.75) is 57.4 Å². The summed E-state index contributed by atoms with van der Waals surface area (Å²) in [6, 6.07) is 8.49. The number of nitrogens with zero attached hydrogens (tertiary/aromatic N) is 3. The number of carbonyl (C=O) groups excluding carboxylic acids is 1. The van der Waals surface area contributed by atoms with Crippen LogP contribution in [-0.2, 0) is 17.6 Å². The Morgan fingerprint density at radius 3 is 2.71 bits per heavy atom. The van der Waals surface area contributed by atoms with E-state index in [1.807, 2.05) is 6.07 Å². The summed E-state index contributed by atoms with van der Waals surface area (Å²) >= 11 is 6.07. The number of unbranched alkanes of at least 4 members (excludes halogenated alkanes) is 1. The molecule has 0 amide bonds. The first-order valence-electron chi connectivity index (χ1n) is 9.88. The molecule has 146 valence electrons. The van der Waals surface area contributed by atoms with E-state index in [1.54, 1.807) is 18.3 Å². The zero-order chi connectivity index (χ0) is 19.5. The van der Waals surface area contributed by atoms with Gasteiger partial charge in [-0.05, 0) is 55.9 Å². The fraction of sp³-hybridized carbons (Fsp3) is 0.409. The van der Waals surface area contributed by atoms with Crippen LogP contribution in [0.4, 0.5) is 4.39 Å². The molecule has 0 aliphatic heterocycles. The number of halogens is 2. The van der Waals surface area contributed by atoms with Gasteiger partial charge in [0.1, 0.15) is 22.9 Å². The second-order valence-corrected chi connectivity index (χ2v) is 7.96. The summed E-state index contributed by atoms with van der Waals surface area (Å²) in [5.41, 5.74) is 2.62. The molecular weight excluding hydrogens is 377 g/mol. The standard InChI is InChI=1S/C22H23ClFN3O/c23-16-13-20-22(25-14-16)27(18-4-3-5-18)21(26-20)7-2-1-6-19(28)12-15-8-10-17(24)11-9-15/h8-11,13-14,18H,1-7,12H2. The molecule has 4 nitrogen and oxygen atoms in total. The molecule has 1 fully saturated rings. The number of hydrogen-bond acceptors (Lipinski definition) is 3. The molecule has 1 aromatic carbocycles. The lowest BCUT2D eigenvalue weighted by Crippen LogP contribution is -2.19. The van der Waals surface area contributed by atoms with Gasteiger partial charge in [-0.25, -0.2) is 14.4 Å². The molecule has 0 N–H and O–H groups in total. The molecule has 6 heteroatoms. The van der Waals surface area contributed by atoms with E-state index < -0.39 is 0 Å². The molecule has 4 rings (SSSR count). The third-order valence-electron chi connectivity index (χ3n) is 5.43. The zero-order valence-electron chi connectivity index (χ0n) is 15.7.